The average Bonchev–Trinajstić information content (AvgIpc) is 3.17. The van der Waals surface area contributed by atoms with Crippen molar-refractivity contribution >= 4 is 29.0 Å². The molecule has 8 nitrogen and oxygen atoms in total. The maximum absolute atomic E-state index is 12.4. The second-order valence-electron chi connectivity index (χ2n) is 6.08. The third-order valence-electron chi connectivity index (χ3n) is 4.10. The fourth-order valence-electron chi connectivity index (χ4n) is 2.63. The lowest BCUT2D eigenvalue weighted by atomic mass is 10.1. The van der Waals surface area contributed by atoms with Crippen molar-refractivity contribution in [1.29, 1.82) is 0 Å². The number of nitrogens with zero attached hydrogens (tertiary/aromatic N) is 2. The van der Waals surface area contributed by atoms with Gasteiger partial charge in [-0.2, -0.15) is 0 Å². The minimum Gasteiger partial charge on any atom is -0.454 e. The molecule has 1 amide bonds. The molecule has 0 saturated carbocycles. The van der Waals surface area contributed by atoms with Gasteiger partial charge in [0.05, 0.1) is 0 Å². The monoisotopic (exact) mass is 376 g/mol. The Kier molecular flexibility index (Phi) is 4.59. The number of carbonyl (C=O) groups is 2. The van der Waals surface area contributed by atoms with Crippen molar-refractivity contribution < 1.29 is 19.1 Å². The van der Waals surface area contributed by atoms with Crippen LogP contribution in [0.1, 0.15) is 27.6 Å². The van der Waals surface area contributed by atoms with Gasteiger partial charge in [0.25, 0.3) is 5.91 Å². The number of carbonyl (C=O) groups excluding carboxylic acids is 2. The Morgan fingerprint density at radius 2 is 1.54 bits per heavy atom. The van der Waals surface area contributed by atoms with Crippen LogP contribution in [0, 0.1) is 0 Å². The molecule has 0 fully saturated rings. The minimum atomic E-state index is -0.326. The van der Waals surface area contributed by atoms with Gasteiger partial charge in [-0.05, 0) is 61.5 Å². The first-order valence-electron chi connectivity index (χ1n) is 8.51. The van der Waals surface area contributed by atoms with Gasteiger partial charge in [0.2, 0.25) is 6.79 Å². The van der Waals surface area contributed by atoms with Crippen LogP contribution in [0.4, 0.5) is 17.3 Å². The number of benzene rings is 2. The Morgan fingerprint density at radius 3 is 2.25 bits per heavy atom. The highest BCUT2D eigenvalue weighted by Crippen LogP contribution is 2.32. The molecule has 0 saturated heterocycles. The number of ketones is 1. The fraction of sp³-hybridized carbons (Fsp3) is 0.100. The molecule has 0 radical (unpaired) electrons. The van der Waals surface area contributed by atoms with Crippen LogP contribution < -0.4 is 20.1 Å². The van der Waals surface area contributed by atoms with Crippen molar-refractivity contribution in [2.75, 3.05) is 17.4 Å². The summed E-state index contributed by atoms with van der Waals surface area (Å²) in [5.41, 5.74) is 1.84. The molecule has 0 atom stereocenters. The van der Waals surface area contributed by atoms with Crippen LogP contribution in [0.15, 0.2) is 54.6 Å². The molecule has 1 aliphatic heterocycles. The molecule has 28 heavy (non-hydrogen) atoms. The van der Waals surface area contributed by atoms with Gasteiger partial charge < -0.3 is 20.1 Å². The van der Waals surface area contributed by atoms with Crippen LogP contribution in [-0.4, -0.2) is 28.7 Å². The van der Waals surface area contributed by atoms with Crippen LogP contribution in [0.25, 0.3) is 0 Å². The van der Waals surface area contributed by atoms with Crippen molar-refractivity contribution in [2.45, 2.75) is 6.92 Å². The van der Waals surface area contributed by atoms with Crippen LogP contribution >= 0.6 is 0 Å². The number of rotatable bonds is 5. The molecule has 0 spiro atoms. The number of hydrogen-bond donors (Lipinski definition) is 2. The van der Waals surface area contributed by atoms with Gasteiger partial charge in [-0.15, -0.1) is 10.2 Å². The molecule has 8 heteroatoms. The molecular weight excluding hydrogens is 360 g/mol. The largest absolute Gasteiger partial charge is 0.454 e. The van der Waals surface area contributed by atoms with Crippen LogP contribution in [0.5, 0.6) is 11.5 Å². The summed E-state index contributed by atoms with van der Waals surface area (Å²) in [5, 5.41) is 13.8. The summed E-state index contributed by atoms with van der Waals surface area (Å²) in [6, 6.07) is 15.3. The topological polar surface area (TPSA) is 102 Å². The Labute approximate surface area is 160 Å². The standard InChI is InChI=1S/C20H16N4O4/c1-12(25)13-2-5-15(6-3-13)21-18-8-9-19(24-23-18)22-20(26)14-4-7-16-17(10-14)28-11-27-16/h2-10H,11H2,1H3,(H,21,23)(H,22,24,26). The van der Waals surface area contributed by atoms with Gasteiger partial charge in [-0.3, -0.25) is 9.59 Å². The Hall–Kier alpha value is -3.94. The lowest BCUT2D eigenvalue weighted by Crippen LogP contribution is -2.13. The van der Waals surface area contributed by atoms with E-state index >= 15 is 0 Å². The number of fused-ring (bicyclic) bond motifs is 1. The van der Waals surface area contributed by atoms with Gasteiger partial charge in [0, 0.05) is 16.8 Å². The molecule has 140 valence electrons. The van der Waals surface area contributed by atoms with Crippen molar-refractivity contribution in [3.8, 4) is 11.5 Å². The molecule has 1 aromatic heterocycles. The summed E-state index contributed by atoms with van der Waals surface area (Å²) in [6.45, 7) is 1.67. The maximum Gasteiger partial charge on any atom is 0.257 e. The summed E-state index contributed by atoms with van der Waals surface area (Å²) in [7, 11) is 0. The van der Waals surface area contributed by atoms with Crippen LogP contribution in [0.2, 0.25) is 0 Å². The van der Waals surface area contributed by atoms with Gasteiger partial charge in [-0.1, -0.05) is 0 Å². The molecule has 1 aliphatic rings. The van der Waals surface area contributed by atoms with Crippen LogP contribution in [0.3, 0.4) is 0 Å². The van der Waals surface area contributed by atoms with Crippen molar-refractivity contribution in [1.82, 2.24) is 10.2 Å². The number of hydrogen-bond acceptors (Lipinski definition) is 7. The fourth-order valence-corrected chi connectivity index (χ4v) is 2.63. The molecule has 0 unspecified atom stereocenters. The number of anilines is 3. The van der Waals surface area contributed by atoms with Gasteiger partial charge in [0.1, 0.15) is 0 Å². The number of amides is 1. The molecule has 4 rings (SSSR count). The number of ether oxygens (including phenoxy) is 2. The molecule has 2 aromatic carbocycles. The third-order valence-corrected chi connectivity index (χ3v) is 4.10. The van der Waals surface area contributed by atoms with E-state index in [1.807, 2.05) is 0 Å². The van der Waals surface area contributed by atoms with Crippen molar-refractivity contribution in [3.63, 3.8) is 0 Å². The van der Waals surface area contributed by atoms with E-state index in [9.17, 15) is 9.59 Å². The first-order valence-corrected chi connectivity index (χ1v) is 8.51. The number of Topliss-reactive ketones (excluding diaryl/α,β-unsaturated/α-hetero) is 1. The van der Waals surface area contributed by atoms with E-state index in [1.165, 1.54) is 6.92 Å². The SMILES string of the molecule is CC(=O)c1ccc(Nc2ccc(NC(=O)c3ccc4c(c3)OCO4)nn2)cc1. The molecular formula is C20H16N4O4. The average molecular weight is 376 g/mol. The number of aromatic nitrogens is 2. The van der Waals surface area contributed by atoms with E-state index in [-0.39, 0.29) is 18.5 Å². The zero-order valence-corrected chi connectivity index (χ0v) is 14.9. The van der Waals surface area contributed by atoms with E-state index in [1.54, 1.807) is 54.6 Å². The molecule has 2 heterocycles. The smallest absolute Gasteiger partial charge is 0.257 e. The van der Waals surface area contributed by atoms with E-state index in [4.69, 9.17) is 9.47 Å². The first-order chi connectivity index (χ1) is 13.6. The molecule has 0 bridgehead atoms. The zero-order valence-electron chi connectivity index (χ0n) is 14.9. The van der Waals surface area contributed by atoms with Crippen LogP contribution in [-0.2, 0) is 0 Å². The zero-order chi connectivity index (χ0) is 19.5. The summed E-state index contributed by atoms with van der Waals surface area (Å²) < 4.78 is 10.5. The minimum absolute atomic E-state index is 0.00824. The Bertz CT molecular complexity index is 1030. The number of nitrogens with one attached hydrogen (secondary N) is 2. The summed E-state index contributed by atoms with van der Waals surface area (Å²) in [5.74, 6) is 1.66. The quantitative estimate of drug-likeness (QED) is 0.658. The molecule has 3 aromatic rings. The Morgan fingerprint density at radius 1 is 0.857 bits per heavy atom. The predicted molar refractivity (Wildman–Crippen MR) is 102 cm³/mol. The van der Waals surface area contributed by atoms with Gasteiger partial charge >= 0.3 is 0 Å². The second-order valence-corrected chi connectivity index (χ2v) is 6.08. The first kappa shape index (κ1) is 17.5. The highest BCUT2D eigenvalue weighted by molar-refractivity contribution is 6.04. The highest BCUT2D eigenvalue weighted by Gasteiger charge is 2.16. The molecule has 0 aliphatic carbocycles. The lowest BCUT2D eigenvalue weighted by molar-refractivity contribution is 0.101. The van der Waals surface area contributed by atoms with E-state index < -0.39 is 0 Å². The second kappa shape index (κ2) is 7.36. The van der Waals surface area contributed by atoms with E-state index in [0.717, 1.165) is 5.69 Å². The highest BCUT2D eigenvalue weighted by atomic mass is 16.7. The molecule has 2 N–H and O–H groups in total. The maximum atomic E-state index is 12.4. The normalized spacial score (nSPS) is 11.8. The predicted octanol–water partition coefficient (Wildman–Crippen LogP) is 3.40. The summed E-state index contributed by atoms with van der Waals surface area (Å²) in [6.07, 6.45) is 0. The van der Waals surface area contributed by atoms with E-state index in [2.05, 4.69) is 20.8 Å². The summed E-state index contributed by atoms with van der Waals surface area (Å²) in [4.78, 5) is 23.7. The third kappa shape index (κ3) is 3.75. The Balaban J connectivity index is 1.40. The summed E-state index contributed by atoms with van der Waals surface area (Å²) >= 11 is 0. The van der Waals surface area contributed by atoms with Gasteiger partial charge in [0.15, 0.2) is 28.9 Å². The lowest BCUT2D eigenvalue weighted by Gasteiger charge is -2.07. The van der Waals surface area contributed by atoms with Crippen molar-refractivity contribution in [3.05, 3.63) is 65.7 Å². The van der Waals surface area contributed by atoms with Crippen molar-refractivity contribution in [2.24, 2.45) is 0 Å². The van der Waals surface area contributed by atoms with E-state index in [0.29, 0.717) is 34.3 Å². The van der Waals surface area contributed by atoms with Gasteiger partial charge in [-0.25, -0.2) is 0 Å².